The highest BCUT2D eigenvalue weighted by molar-refractivity contribution is 14.0. The largest absolute Gasteiger partial charge is 0.379 e. The van der Waals surface area contributed by atoms with Crippen LogP contribution in [-0.2, 0) is 22.6 Å². The number of halogens is 1. The molecule has 8 heteroatoms. The van der Waals surface area contributed by atoms with Crippen molar-refractivity contribution in [3.8, 4) is 0 Å². The van der Waals surface area contributed by atoms with Gasteiger partial charge in [-0.2, -0.15) is 0 Å². The molecule has 1 amide bonds. The molecule has 0 spiro atoms. The fourth-order valence-electron chi connectivity index (χ4n) is 4.25. The van der Waals surface area contributed by atoms with Gasteiger partial charge in [0.1, 0.15) is 0 Å². The van der Waals surface area contributed by atoms with E-state index in [1.165, 1.54) is 11.1 Å². The molecule has 2 aliphatic rings. The van der Waals surface area contributed by atoms with Gasteiger partial charge in [0.25, 0.3) is 0 Å². The first-order valence-corrected chi connectivity index (χ1v) is 11.8. The predicted octanol–water partition coefficient (Wildman–Crippen LogP) is 2.84. The summed E-state index contributed by atoms with van der Waals surface area (Å²) in [6.45, 7) is 14.2. The van der Waals surface area contributed by atoms with E-state index < -0.39 is 0 Å². The van der Waals surface area contributed by atoms with E-state index in [1.807, 2.05) is 4.90 Å². The molecule has 1 aromatic rings. The molecular formula is C24H40IN5O2. The molecule has 0 aliphatic carbocycles. The lowest BCUT2D eigenvalue weighted by Crippen LogP contribution is -2.52. The van der Waals surface area contributed by atoms with Crippen LogP contribution in [0.5, 0.6) is 0 Å². The highest BCUT2D eigenvalue weighted by Gasteiger charge is 2.24. The standard InChI is InChI=1S/C24H39N5O2.HI/c1-4-25-24(27-17-22(19(2)3)28-12-14-31-15-13-28)26-16-20-7-9-21(10-8-20)18-29-11-5-6-23(29)30;/h7-10,19,22H,4-6,11-18H2,1-3H3,(H2,25,26,27);1H. The average Bonchev–Trinajstić information content (AvgIpc) is 3.18. The molecule has 3 rings (SSSR count). The molecule has 0 aromatic heterocycles. The maximum Gasteiger partial charge on any atom is 0.222 e. The zero-order valence-corrected chi connectivity index (χ0v) is 22.1. The fourth-order valence-corrected chi connectivity index (χ4v) is 4.25. The first kappa shape index (κ1) is 26.9. The highest BCUT2D eigenvalue weighted by Crippen LogP contribution is 2.15. The van der Waals surface area contributed by atoms with Gasteiger partial charge in [-0.1, -0.05) is 38.1 Å². The number of likely N-dealkylation sites (tertiary alicyclic amines) is 1. The molecule has 32 heavy (non-hydrogen) atoms. The number of guanidine groups is 1. The van der Waals surface area contributed by atoms with Gasteiger partial charge < -0.3 is 20.3 Å². The van der Waals surface area contributed by atoms with E-state index in [1.54, 1.807) is 0 Å². The number of morpholine rings is 1. The van der Waals surface area contributed by atoms with Crippen molar-refractivity contribution < 1.29 is 9.53 Å². The molecule has 7 nitrogen and oxygen atoms in total. The van der Waals surface area contributed by atoms with Gasteiger partial charge in [-0.15, -0.1) is 24.0 Å². The van der Waals surface area contributed by atoms with Gasteiger partial charge in [0, 0.05) is 51.7 Å². The molecule has 2 fully saturated rings. The van der Waals surface area contributed by atoms with Gasteiger partial charge in [-0.3, -0.25) is 9.69 Å². The van der Waals surface area contributed by atoms with Crippen molar-refractivity contribution in [2.24, 2.45) is 10.9 Å². The van der Waals surface area contributed by atoms with Gasteiger partial charge in [-0.05, 0) is 30.4 Å². The summed E-state index contributed by atoms with van der Waals surface area (Å²) in [7, 11) is 0. The van der Waals surface area contributed by atoms with Gasteiger partial charge in [-0.25, -0.2) is 4.99 Å². The molecule has 0 radical (unpaired) electrons. The SMILES string of the molecule is CCNC(=NCc1ccc(CN2CCCC2=O)cc1)NCC(C(C)C)N1CCOCC1.I. The van der Waals surface area contributed by atoms with E-state index in [4.69, 9.17) is 9.73 Å². The van der Waals surface area contributed by atoms with Crippen molar-refractivity contribution in [2.75, 3.05) is 45.9 Å². The van der Waals surface area contributed by atoms with Crippen LogP contribution in [0, 0.1) is 5.92 Å². The number of amides is 1. The van der Waals surface area contributed by atoms with Crippen LogP contribution in [0.1, 0.15) is 44.7 Å². The van der Waals surface area contributed by atoms with E-state index >= 15 is 0 Å². The normalized spacial score (nSPS) is 18.6. The molecule has 2 N–H and O–H groups in total. The van der Waals surface area contributed by atoms with Crippen molar-refractivity contribution in [1.29, 1.82) is 0 Å². The number of carbonyl (C=O) groups excluding carboxylic acids is 1. The summed E-state index contributed by atoms with van der Waals surface area (Å²) in [6, 6.07) is 8.93. The molecule has 2 aliphatic heterocycles. The number of ether oxygens (including phenoxy) is 1. The van der Waals surface area contributed by atoms with Crippen molar-refractivity contribution >= 4 is 35.8 Å². The zero-order chi connectivity index (χ0) is 22.1. The predicted molar refractivity (Wildman–Crippen MR) is 140 cm³/mol. The number of hydrogen-bond donors (Lipinski definition) is 2. The van der Waals surface area contributed by atoms with E-state index in [-0.39, 0.29) is 29.9 Å². The maximum atomic E-state index is 11.8. The van der Waals surface area contributed by atoms with E-state index in [2.05, 4.69) is 60.6 Å². The fraction of sp³-hybridized carbons (Fsp3) is 0.667. The van der Waals surface area contributed by atoms with Gasteiger partial charge >= 0.3 is 0 Å². The topological polar surface area (TPSA) is 69.2 Å². The Morgan fingerprint density at radius 3 is 2.38 bits per heavy atom. The molecule has 1 aromatic carbocycles. The number of nitrogens with zero attached hydrogens (tertiary/aromatic N) is 3. The Hall–Kier alpha value is -1.39. The maximum absolute atomic E-state index is 11.8. The molecule has 2 saturated heterocycles. The first-order chi connectivity index (χ1) is 15.1. The number of hydrogen-bond acceptors (Lipinski definition) is 4. The summed E-state index contributed by atoms with van der Waals surface area (Å²) in [4.78, 5) is 21.1. The van der Waals surface area contributed by atoms with Crippen molar-refractivity contribution in [2.45, 2.75) is 52.7 Å². The van der Waals surface area contributed by atoms with Gasteiger partial charge in [0.2, 0.25) is 5.91 Å². The second-order valence-electron chi connectivity index (χ2n) is 8.77. The summed E-state index contributed by atoms with van der Waals surface area (Å²) in [5, 5.41) is 6.91. The Kier molecular flexibility index (Phi) is 11.7. The lowest BCUT2D eigenvalue weighted by molar-refractivity contribution is -0.128. The summed E-state index contributed by atoms with van der Waals surface area (Å²) in [6.07, 6.45) is 1.67. The van der Waals surface area contributed by atoms with Crippen LogP contribution >= 0.6 is 24.0 Å². The smallest absolute Gasteiger partial charge is 0.222 e. The number of benzene rings is 1. The Labute approximate surface area is 210 Å². The quantitative estimate of drug-likeness (QED) is 0.278. The molecule has 2 heterocycles. The molecular weight excluding hydrogens is 517 g/mol. The third kappa shape index (κ3) is 8.19. The zero-order valence-electron chi connectivity index (χ0n) is 19.8. The molecule has 180 valence electrons. The summed E-state index contributed by atoms with van der Waals surface area (Å²) in [5.74, 6) is 1.68. The number of nitrogens with one attached hydrogen (secondary N) is 2. The van der Waals surface area contributed by atoms with Crippen molar-refractivity contribution in [3.63, 3.8) is 0 Å². The van der Waals surface area contributed by atoms with Crippen LogP contribution in [0.2, 0.25) is 0 Å². The third-order valence-electron chi connectivity index (χ3n) is 6.09. The number of rotatable bonds is 9. The van der Waals surface area contributed by atoms with Gasteiger partial charge in [0.15, 0.2) is 5.96 Å². The Bertz CT molecular complexity index is 720. The Morgan fingerprint density at radius 1 is 1.09 bits per heavy atom. The first-order valence-electron chi connectivity index (χ1n) is 11.8. The minimum Gasteiger partial charge on any atom is -0.379 e. The summed E-state index contributed by atoms with van der Waals surface area (Å²) < 4.78 is 5.51. The van der Waals surface area contributed by atoms with Gasteiger partial charge in [0.05, 0.1) is 19.8 Å². The lowest BCUT2D eigenvalue weighted by atomic mass is 10.0. The number of aliphatic imine (C=N–C) groups is 1. The molecule has 0 bridgehead atoms. The molecule has 1 atom stereocenters. The van der Waals surface area contributed by atoms with Crippen LogP contribution in [0.4, 0.5) is 0 Å². The Morgan fingerprint density at radius 2 is 1.78 bits per heavy atom. The summed E-state index contributed by atoms with van der Waals surface area (Å²) >= 11 is 0. The molecule has 0 saturated carbocycles. The van der Waals surface area contributed by atoms with Crippen molar-refractivity contribution in [1.82, 2.24) is 20.4 Å². The van der Waals surface area contributed by atoms with Crippen LogP contribution in [0.3, 0.4) is 0 Å². The van der Waals surface area contributed by atoms with E-state index in [9.17, 15) is 4.79 Å². The van der Waals surface area contributed by atoms with Crippen LogP contribution in [0.25, 0.3) is 0 Å². The van der Waals surface area contributed by atoms with Crippen LogP contribution < -0.4 is 10.6 Å². The highest BCUT2D eigenvalue weighted by atomic mass is 127. The number of carbonyl (C=O) groups is 1. The Balaban J connectivity index is 0.00000363. The van der Waals surface area contributed by atoms with E-state index in [0.29, 0.717) is 31.5 Å². The van der Waals surface area contributed by atoms with Crippen LogP contribution in [0.15, 0.2) is 29.3 Å². The lowest BCUT2D eigenvalue weighted by Gasteiger charge is -2.37. The summed E-state index contributed by atoms with van der Waals surface area (Å²) in [5.41, 5.74) is 2.35. The van der Waals surface area contributed by atoms with Crippen LogP contribution in [-0.4, -0.2) is 73.6 Å². The third-order valence-corrected chi connectivity index (χ3v) is 6.09. The average molecular weight is 558 g/mol. The second kappa shape index (κ2) is 14.0. The van der Waals surface area contributed by atoms with E-state index in [0.717, 1.165) is 58.3 Å². The minimum absolute atomic E-state index is 0. The monoisotopic (exact) mass is 557 g/mol. The minimum atomic E-state index is 0. The van der Waals surface area contributed by atoms with Crippen molar-refractivity contribution in [3.05, 3.63) is 35.4 Å². The second-order valence-corrected chi connectivity index (χ2v) is 8.77. The molecule has 1 unspecified atom stereocenters.